The lowest BCUT2D eigenvalue weighted by molar-refractivity contribution is -0.124. The topological polar surface area (TPSA) is 56.2 Å². The van der Waals surface area contributed by atoms with E-state index >= 15 is 0 Å². The molecule has 19 heavy (non-hydrogen) atoms. The van der Waals surface area contributed by atoms with Crippen LogP contribution in [0.3, 0.4) is 0 Å². The van der Waals surface area contributed by atoms with Crippen molar-refractivity contribution in [3.8, 4) is 0 Å². The van der Waals surface area contributed by atoms with Gasteiger partial charge in [-0.1, -0.05) is 11.6 Å². The Hall–Kier alpha value is -1.07. The van der Waals surface area contributed by atoms with Crippen LogP contribution in [-0.2, 0) is 16.1 Å². The number of nitrogens with zero attached hydrogens (tertiary/aromatic N) is 2. The van der Waals surface area contributed by atoms with E-state index in [4.69, 9.17) is 16.3 Å². The molecule has 1 aliphatic heterocycles. The third kappa shape index (κ3) is 2.25. The van der Waals surface area contributed by atoms with Crippen LogP contribution in [0, 0.1) is 19.8 Å². The molecule has 1 saturated heterocycles. The lowest BCUT2D eigenvalue weighted by atomic mass is 9.76. The van der Waals surface area contributed by atoms with Gasteiger partial charge in [0.15, 0.2) is 0 Å². The highest BCUT2D eigenvalue weighted by Gasteiger charge is 2.45. The zero-order valence-corrected chi connectivity index (χ0v) is 11.9. The van der Waals surface area contributed by atoms with Crippen molar-refractivity contribution in [2.24, 2.45) is 5.92 Å². The number of nitrogens with one attached hydrogen (secondary N) is 1. The van der Waals surface area contributed by atoms with Crippen LogP contribution >= 0.6 is 11.6 Å². The van der Waals surface area contributed by atoms with Gasteiger partial charge in [-0.2, -0.15) is 5.10 Å². The number of hydrogen-bond acceptors (Lipinski definition) is 3. The molecule has 2 aliphatic rings. The second kappa shape index (κ2) is 4.80. The maximum atomic E-state index is 12.0. The Morgan fingerprint density at radius 3 is 3.00 bits per heavy atom. The van der Waals surface area contributed by atoms with Crippen molar-refractivity contribution in [3.63, 3.8) is 0 Å². The molecular formula is C13H18ClN3O2. The zero-order valence-electron chi connectivity index (χ0n) is 11.1. The maximum Gasteiger partial charge on any atom is 0.241 e. The van der Waals surface area contributed by atoms with Gasteiger partial charge in [0.1, 0.15) is 6.54 Å². The molecule has 1 aromatic heterocycles. The summed E-state index contributed by atoms with van der Waals surface area (Å²) >= 11 is 6.07. The molecule has 1 aromatic rings. The molecule has 0 aromatic carbocycles. The van der Waals surface area contributed by atoms with Crippen LogP contribution in [0.15, 0.2) is 0 Å². The van der Waals surface area contributed by atoms with Crippen LogP contribution < -0.4 is 5.32 Å². The highest BCUT2D eigenvalue weighted by molar-refractivity contribution is 6.31. The molecule has 6 heteroatoms. The summed E-state index contributed by atoms with van der Waals surface area (Å²) in [5.41, 5.74) is 1.60. The second-order valence-corrected chi connectivity index (χ2v) is 5.79. The highest BCUT2D eigenvalue weighted by Crippen LogP contribution is 2.38. The molecule has 1 saturated carbocycles. The first-order valence-corrected chi connectivity index (χ1v) is 7.04. The van der Waals surface area contributed by atoms with Gasteiger partial charge in [-0.15, -0.1) is 0 Å². The van der Waals surface area contributed by atoms with E-state index in [1.54, 1.807) is 4.68 Å². The van der Waals surface area contributed by atoms with Gasteiger partial charge in [0.2, 0.25) is 5.91 Å². The molecule has 2 heterocycles. The average molecular weight is 284 g/mol. The molecule has 0 spiro atoms. The first kappa shape index (κ1) is 12.9. The summed E-state index contributed by atoms with van der Waals surface area (Å²) in [6.45, 7) is 4.78. The Morgan fingerprint density at radius 2 is 2.37 bits per heavy atom. The molecule has 0 bridgehead atoms. The van der Waals surface area contributed by atoms with E-state index in [9.17, 15) is 4.79 Å². The minimum absolute atomic E-state index is 0.00221. The van der Waals surface area contributed by atoms with Crippen molar-refractivity contribution in [3.05, 3.63) is 16.4 Å². The molecule has 2 fully saturated rings. The van der Waals surface area contributed by atoms with Gasteiger partial charge in [-0.3, -0.25) is 9.48 Å². The van der Waals surface area contributed by atoms with Gasteiger partial charge >= 0.3 is 0 Å². The van der Waals surface area contributed by atoms with Crippen LogP contribution in [-0.4, -0.2) is 34.4 Å². The van der Waals surface area contributed by atoms with Crippen molar-refractivity contribution in [2.75, 3.05) is 6.61 Å². The SMILES string of the molecule is Cc1nn(CC(=O)N[C@@H]2C[C@H]3OCC[C@@H]23)c(C)c1Cl. The molecule has 3 atom stereocenters. The summed E-state index contributed by atoms with van der Waals surface area (Å²) in [6.07, 6.45) is 2.36. The van der Waals surface area contributed by atoms with Crippen LogP contribution in [0.1, 0.15) is 24.2 Å². The minimum Gasteiger partial charge on any atom is -0.378 e. The molecule has 1 aliphatic carbocycles. The predicted octanol–water partition coefficient (Wildman–Crippen LogP) is 1.45. The number of aryl methyl sites for hydroxylation is 1. The lowest BCUT2D eigenvalue weighted by Gasteiger charge is -2.39. The summed E-state index contributed by atoms with van der Waals surface area (Å²) in [5, 5.41) is 7.98. The van der Waals surface area contributed by atoms with Gasteiger partial charge < -0.3 is 10.1 Å². The standard InChI is InChI=1S/C13H18ClN3O2/c1-7-13(14)8(2)17(16-7)6-12(18)15-10-5-11-9(10)3-4-19-11/h9-11H,3-6H2,1-2H3,(H,15,18)/t9-,10+,11+/m0/s1. The molecule has 0 radical (unpaired) electrons. The fraction of sp³-hybridized carbons (Fsp3) is 0.692. The third-order valence-corrected chi connectivity index (χ3v) is 4.74. The zero-order chi connectivity index (χ0) is 13.6. The summed E-state index contributed by atoms with van der Waals surface area (Å²) in [6, 6.07) is 0.271. The van der Waals surface area contributed by atoms with E-state index in [0.29, 0.717) is 17.0 Å². The maximum absolute atomic E-state index is 12.0. The van der Waals surface area contributed by atoms with E-state index in [0.717, 1.165) is 30.8 Å². The number of amides is 1. The molecular weight excluding hydrogens is 266 g/mol. The van der Waals surface area contributed by atoms with Gasteiger partial charge in [-0.05, 0) is 26.7 Å². The van der Waals surface area contributed by atoms with E-state index in [1.807, 2.05) is 13.8 Å². The van der Waals surface area contributed by atoms with E-state index in [1.165, 1.54) is 0 Å². The Balaban J connectivity index is 1.58. The summed E-state index contributed by atoms with van der Waals surface area (Å²) < 4.78 is 7.19. The van der Waals surface area contributed by atoms with E-state index in [2.05, 4.69) is 10.4 Å². The van der Waals surface area contributed by atoms with Gasteiger partial charge in [0.25, 0.3) is 0 Å². The number of carbonyl (C=O) groups excluding carboxylic acids is 1. The summed E-state index contributed by atoms with van der Waals surface area (Å²) in [7, 11) is 0. The van der Waals surface area contributed by atoms with Crippen LogP contribution in [0.2, 0.25) is 5.02 Å². The van der Waals surface area contributed by atoms with Gasteiger partial charge in [-0.25, -0.2) is 0 Å². The fourth-order valence-corrected chi connectivity index (χ4v) is 3.12. The monoisotopic (exact) mass is 283 g/mol. The number of aromatic nitrogens is 2. The lowest BCUT2D eigenvalue weighted by Crippen LogP contribution is -2.54. The summed E-state index contributed by atoms with van der Waals surface area (Å²) in [5.74, 6) is 0.505. The number of fused-ring (bicyclic) bond motifs is 1. The first-order chi connectivity index (χ1) is 9.06. The Labute approximate surface area is 117 Å². The van der Waals surface area contributed by atoms with Crippen LogP contribution in [0.5, 0.6) is 0 Å². The van der Waals surface area contributed by atoms with Gasteiger partial charge in [0, 0.05) is 18.6 Å². The normalized spacial score (nSPS) is 28.9. The van der Waals surface area contributed by atoms with Crippen molar-refractivity contribution in [1.82, 2.24) is 15.1 Å². The second-order valence-electron chi connectivity index (χ2n) is 5.41. The summed E-state index contributed by atoms with van der Waals surface area (Å²) in [4.78, 5) is 12.0. The Morgan fingerprint density at radius 1 is 1.58 bits per heavy atom. The molecule has 3 rings (SSSR count). The van der Waals surface area contributed by atoms with Crippen LogP contribution in [0.25, 0.3) is 0 Å². The molecule has 1 amide bonds. The van der Waals surface area contributed by atoms with Gasteiger partial charge in [0.05, 0.1) is 22.5 Å². The van der Waals surface area contributed by atoms with Crippen molar-refractivity contribution in [2.45, 2.75) is 45.4 Å². The first-order valence-electron chi connectivity index (χ1n) is 6.66. The fourth-order valence-electron chi connectivity index (χ4n) is 2.98. The van der Waals surface area contributed by atoms with E-state index in [-0.39, 0.29) is 18.5 Å². The number of carbonyl (C=O) groups is 1. The largest absolute Gasteiger partial charge is 0.378 e. The van der Waals surface area contributed by atoms with Crippen molar-refractivity contribution < 1.29 is 9.53 Å². The molecule has 104 valence electrons. The van der Waals surface area contributed by atoms with Crippen molar-refractivity contribution >= 4 is 17.5 Å². The average Bonchev–Trinajstić information content (AvgIpc) is 2.83. The van der Waals surface area contributed by atoms with Crippen molar-refractivity contribution in [1.29, 1.82) is 0 Å². The minimum atomic E-state index is -0.00221. The van der Waals surface area contributed by atoms with Crippen LogP contribution in [0.4, 0.5) is 0 Å². The third-order valence-electron chi connectivity index (χ3n) is 4.20. The molecule has 0 unspecified atom stereocenters. The Bertz CT molecular complexity index is 514. The number of halogens is 1. The smallest absolute Gasteiger partial charge is 0.241 e. The van der Waals surface area contributed by atoms with E-state index < -0.39 is 0 Å². The molecule has 1 N–H and O–H groups in total. The Kier molecular flexibility index (Phi) is 3.27. The predicted molar refractivity (Wildman–Crippen MR) is 71.1 cm³/mol. The number of hydrogen-bond donors (Lipinski definition) is 1. The highest BCUT2D eigenvalue weighted by atomic mass is 35.5. The number of ether oxygens (including phenoxy) is 1. The molecule has 5 nitrogen and oxygen atoms in total. The number of rotatable bonds is 3. The quantitative estimate of drug-likeness (QED) is 0.913.